The number of halogens is 3. The van der Waals surface area contributed by atoms with Gasteiger partial charge in [0.15, 0.2) is 5.03 Å². The minimum atomic E-state index is -4.44. The molecular formula is C31H31F3N6O4S. The third-order valence-electron chi connectivity index (χ3n) is 7.04. The van der Waals surface area contributed by atoms with E-state index in [1.807, 2.05) is 24.6 Å². The number of carbonyl (C=O) groups is 1. The highest BCUT2D eigenvalue weighted by molar-refractivity contribution is 7.90. The molecule has 0 bridgehead atoms. The summed E-state index contributed by atoms with van der Waals surface area (Å²) in [6.45, 7) is 3.68. The molecule has 45 heavy (non-hydrogen) atoms. The number of sulfonamides is 1. The monoisotopic (exact) mass is 640 g/mol. The molecular weight excluding hydrogens is 609 g/mol. The van der Waals surface area contributed by atoms with Crippen LogP contribution in [0.15, 0.2) is 84.0 Å². The molecule has 14 heteroatoms. The molecule has 1 aliphatic rings. The Balaban J connectivity index is 1.42. The van der Waals surface area contributed by atoms with Gasteiger partial charge in [0.25, 0.3) is 15.9 Å². The topological polar surface area (TPSA) is 126 Å². The number of ether oxygens (including phenoxy) is 1. The summed E-state index contributed by atoms with van der Waals surface area (Å²) < 4.78 is 74.3. The molecule has 1 aromatic carbocycles. The van der Waals surface area contributed by atoms with Crippen LogP contribution in [0.3, 0.4) is 0 Å². The number of carbonyl (C=O) groups excluding carboxylic acids is 1. The Kier molecular flexibility index (Phi) is 9.23. The average molecular weight is 641 g/mol. The van der Waals surface area contributed by atoms with Crippen LogP contribution in [0.2, 0.25) is 0 Å². The Morgan fingerprint density at radius 3 is 2.33 bits per heavy atom. The number of para-hydroxylation sites is 1. The zero-order valence-electron chi connectivity index (χ0n) is 24.5. The van der Waals surface area contributed by atoms with Crippen molar-refractivity contribution in [3.63, 3.8) is 0 Å². The van der Waals surface area contributed by atoms with E-state index >= 15 is 0 Å². The van der Waals surface area contributed by atoms with Gasteiger partial charge >= 0.3 is 6.18 Å². The molecule has 0 radical (unpaired) electrons. The summed E-state index contributed by atoms with van der Waals surface area (Å²) in [5, 5.41) is 2.60. The second kappa shape index (κ2) is 13.1. The number of benzene rings is 1. The molecule has 1 fully saturated rings. The number of piperidine rings is 1. The van der Waals surface area contributed by atoms with Gasteiger partial charge < -0.3 is 15.0 Å². The van der Waals surface area contributed by atoms with Crippen LogP contribution in [0, 0.1) is 5.92 Å². The molecule has 4 aromatic rings. The molecule has 0 spiro atoms. The molecule has 2 N–H and O–H groups in total. The molecule has 1 saturated heterocycles. The van der Waals surface area contributed by atoms with Crippen LogP contribution in [0.5, 0.6) is 5.88 Å². The number of aromatic nitrogens is 3. The zero-order valence-corrected chi connectivity index (χ0v) is 25.3. The number of nitrogens with one attached hydrogen (secondary N) is 2. The first-order chi connectivity index (χ1) is 21.4. The van der Waals surface area contributed by atoms with Crippen molar-refractivity contribution in [3.05, 3.63) is 84.6 Å². The summed E-state index contributed by atoms with van der Waals surface area (Å²) in [5.41, 5.74) is 1.54. The van der Waals surface area contributed by atoms with Crippen molar-refractivity contribution in [2.45, 2.75) is 44.0 Å². The van der Waals surface area contributed by atoms with Gasteiger partial charge in [0.05, 0.1) is 23.3 Å². The van der Waals surface area contributed by atoms with E-state index in [9.17, 15) is 26.4 Å². The van der Waals surface area contributed by atoms with Gasteiger partial charge in [-0.3, -0.25) is 4.79 Å². The quantitative estimate of drug-likeness (QED) is 0.228. The van der Waals surface area contributed by atoms with Gasteiger partial charge in [-0.25, -0.2) is 19.7 Å². The molecule has 0 saturated carbocycles. The molecule has 1 amide bonds. The largest absolute Gasteiger partial charge is 0.475 e. The fourth-order valence-corrected chi connectivity index (χ4v) is 5.76. The Hall–Kier alpha value is -4.72. The minimum absolute atomic E-state index is 0.0260. The number of rotatable bonds is 9. The predicted octanol–water partition coefficient (Wildman–Crippen LogP) is 5.97. The Morgan fingerprint density at radius 2 is 1.69 bits per heavy atom. The van der Waals surface area contributed by atoms with E-state index in [0.29, 0.717) is 22.8 Å². The van der Waals surface area contributed by atoms with Crippen LogP contribution >= 0.6 is 0 Å². The van der Waals surface area contributed by atoms with E-state index < -0.39 is 33.1 Å². The van der Waals surface area contributed by atoms with Crippen LogP contribution < -0.4 is 19.7 Å². The summed E-state index contributed by atoms with van der Waals surface area (Å²) in [6, 6.07) is 19.6. The summed E-state index contributed by atoms with van der Waals surface area (Å²) in [5.74, 6) is -1.76. The predicted molar refractivity (Wildman–Crippen MR) is 163 cm³/mol. The van der Waals surface area contributed by atoms with Crippen LogP contribution in [-0.2, 0) is 10.0 Å². The van der Waals surface area contributed by atoms with Crippen molar-refractivity contribution in [1.29, 1.82) is 0 Å². The number of hydrogen-bond donors (Lipinski definition) is 2. The first-order valence-electron chi connectivity index (χ1n) is 14.2. The third kappa shape index (κ3) is 7.87. The highest BCUT2D eigenvalue weighted by Gasteiger charge is 2.41. The first-order valence-corrected chi connectivity index (χ1v) is 15.7. The molecule has 1 aliphatic heterocycles. The third-order valence-corrected chi connectivity index (χ3v) is 8.27. The van der Waals surface area contributed by atoms with Gasteiger partial charge in [-0.1, -0.05) is 24.3 Å². The van der Waals surface area contributed by atoms with E-state index in [0.717, 1.165) is 0 Å². The van der Waals surface area contributed by atoms with E-state index in [1.54, 1.807) is 47.4 Å². The number of pyridine rings is 3. The fourth-order valence-electron chi connectivity index (χ4n) is 4.82. The van der Waals surface area contributed by atoms with Crippen LogP contribution in [0.4, 0.5) is 30.5 Å². The maximum absolute atomic E-state index is 13.5. The highest BCUT2D eigenvalue weighted by atomic mass is 32.2. The van der Waals surface area contributed by atoms with E-state index in [1.165, 1.54) is 30.5 Å². The minimum Gasteiger partial charge on any atom is -0.475 e. The van der Waals surface area contributed by atoms with Crippen LogP contribution in [0.1, 0.15) is 37.0 Å². The Bertz CT molecular complexity index is 1750. The van der Waals surface area contributed by atoms with Gasteiger partial charge in [-0.2, -0.15) is 21.6 Å². The van der Waals surface area contributed by atoms with E-state index in [4.69, 9.17) is 4.74 Å². The number of anilines is 3. The molecule has 10 nitrogen and oxygen atoms in total. The fraction of sp³-hybridized carbons (Fsp3) is 0.290. The van der Waals surface area contributed by atoms with Gasteiger partial charge in [-0.05, 0) is 69.2 Å². The maximum atomic E-state index is 13.5. The average Bonchev–Trinajstić information content (AvgIpc) is 3.01. The molecule has 0 atom stereocenters. The molecule has 3 aromatic heterocycles. The second-order valence-electron chi connectivity index (χ2n) is 10.7. The molecule has 4 heterocycles. The Labute approximate surface area is 258 Å². The number of alkyl halides is 3. The van der Waals surface area contributed by atoms with Gasteiger partial charge in [0.1, 0.15) is 11.6 Å². The lowest BCUT2D eigenvalue weighted by Crippen LogP contribution is -2.41. The summed E-state index contributed by atoms with van der Waals surface area (Å²) >= 11 is 0. The Morgan fingerprint density at radius 1 is 0.956 bits per heavy atom. The zero-order chi connectivity index (χ0) is 32.2. The van der Waals surface area contributed by atoms with Crippen molar-refractivity contribution < 1.29 is 31.1 Å². The number of nitrogens with zero attached hydrogens (tertiary/aromatic N) is 4. The van der Waals surface area contributed by atoms with Crippen LogP contribution in [0.25, 0.3) is 11.3 Å². The summed E-state index contributed by atoms with van der Waals surface area (Å²) in [4.78, 5) is 28.1. The van der Waals surface area contributed by atoms with E-state index in [-0.39, 0.29) is 49.2 Å². The molecule has 0 unspecified atom stereocenters. The van der Waals surface area contributed by atoms with Crippen LogP contribution in [-0.4, -0.2) is 54.6 Å². The number of hydrogen-bond acceptors (Lipinski definition) is 9. The molecule has 236 valence electrons. The molecule has 5 rings (SSSR count). The van der Waals surface area contributed by atoms with Crippen molar-refractivity contribution in [3.8, 4) is 17.1 Å². The smallest absolute Gasteiger partial charge is 0.391 e. The lowest BCUT2D eigenvalue weighted by molar-refractivity contribution is -0.179. The second-order valence-corrected chi connectivity index (χ2v) is 12.3. The summed E-state index contributed by atoms with van der Waals surface area (Å²) in [7, 11) is -4.44. The lowest BCUT2D eigenvalue weighted by Gasteiger charge is -2.34. The normalized spacial score (nSPS) is 14.3. The van der Waals surface area contributed by atoms with Gasteiger partial charge in [0, 0.05) is 36.6 Å². The van der Waals surface area contributed by atoms with Crippen molar-refractivity contribution >= 4 is 33.3 Å². The lowest BCUT2D eigenvalue weighted by atomic mass is 9.96. The highest BCUT2D eigenvalue weighted by Crippen LogP contribution is 2.36. The first kappa shape index (κ1) is 31.7. The summed E-state index contributed by atoms with van der Waals surface area (Å²) in [6.07, 6.45) is -3.27. The van der Waals surface area contributed by atoms with Gasteiger partial charge in [-0.15, -0.1) is 0 Å². The maximum Gasteiger partial charge on any atom is 0.391 e. The van der Waals surface area contributed by atoms with E-state index in [2.05, 4.69) is 20.3 Å². The van der Waals surface area contributed by atoms with Crippen molar-refractivity contribution in [1.82, 2.24) is 19.7 Å². The molecule has 0 aliphatic carbocycles. The standard InChI is InChI=1S/C31H31F3N6O4S/c1-20(2)44-27-14-11-21(19-35-27)25-13-12-24(29(37-25)40-17-15-22(16-18-40)31(32,33)34)30(41)39-45(42,43)28-10-6-9-26(38-28)36-23-7-4-3-5-8-23/h3-14,19-20,22H,15-18H2,1-2H3,(H,36,38)(H,39,41). The number of amides is 1. The van der Waals surface area contributed by atoms with Crippen molar-refractivity contribution in [2.75, 3.05) is 23.3 Å². The van der Waals surface area contributed by atoms with Gasteiger partial charge in [0.2, 0.25) is 5.88 Å². The SMILES string of the molecule is CC(C)Oc1ccc(-c2ccc(C(=O)NS(=O)(=O)c3cccc(Nc4ccccc4)n3)c(N3CCC(C(F)(F)F)CC3)n2)cn1. The van der Waals surface area contributed by atoms with Crippen molar-refractivity contribution in [2.24, 2.45) is 5.92 Å².